The SMILES string of the molecule is CC(=O)Oc1ccc(NC(=O)C2(c3ccc(F)cc3)CCCC2)c(C#N)c1. The zero-order valence-electron chi connectivity index (χ0n) is 14.9. The number of hydrogen-bond donors (Lipinski definition) is 1. The maximum atomic E-state index is 13.3. The van der Waals surface area contributed by atoms with Crippen molar-refractivity contribution in [3.8, 4) is 11.8 Å². The predicted octanol–water partition coefficient (Wildman–Crippen LogP) is 4.07. The van der Waals surface area contributed by atoms with Crippen LogP contribution in [0, 0.1) is 17.1 Å². The largest absolute Gasteiger partial charge is 0.427 e. The average Bonchev–Trinajstić information content (AvgIpc) is 3.14. The first kappa shape index (κ1) is 18.6. The number of nitriles is 1. The van der Waals surface area contributed by atoms with Crippen LogP contribution >= 0.6 is 0 Å². The lowest BCUT2D eigenvalue weighted by Gasteiger charge is -2.28. The van der Waals surface area contributed by atoms with E-state index in [0.717, 1.165) is 18.4 Å². The molecular weight excluding hydrogens is 347 g/mol. The molecule has 3 rings (SSSR count). The molecule has 138 valence electrons. The molecular formula is C21H19FN2O3. The van der Waals surface area contributed by atoms with E-state index in [1.165, 1.54) is 31.2 Å². The minimum atomic E-state index is -0.741. The summed E-state index contributed by atoms with van der Waals surface area (Å²) in [7, 11) is 0. The number of halogens is 1. The number of ether oxygens (including phenoxy) is 1. The Morgan fingerprint density at radius 2 is 1.81 bits per heavy atom. The van der Waals surface area contributed by atoms with Crippen LogP contribution in [0.3, 0.4) is 0 Å². The first-order valence-electron chi connectivity index (χ1n) is 8.75. The van der Waals surface area contributed by atoms with Gasteiger partial charge in [0.15, 0.2) is 0 Å². The number of benzene rings is 2. The molecule has 6 heteroatoms. The molecule has 27 heavy (non-hydrogen) atoms. The highest BCUT2D eigenvalue weighted by molar-refractivity contribution is 6.00. The molecule has 0 aromatic heterocycles. The number of nitrogens with one attached hydrogen (secondary N) is 1. The molecule has 0 spiro atoms. The Balaban J connectivity index is 1.90. The fraction of sp³-hybridized carbons (Fsp3) is 0.286. The van der Waals surface area contributed by atoms with Gasteiger partial charge in [-0.15, -0.1) is 0 Å². The van der Waals surface area contributed by atoms with E-state index >= 15 is 0 Å². The lowest BCUT2D eigenvalue weighted by atomic mass is 9.78. The standard InChI is InChI=1S/C21H19FN2O3/c1-14(25)27-18-8-9-19(15(12-18)13-23)24-20(26)21(10-2-3-11-21)16-4-6-17(22)7-5-16/h4-9,12H,2-3,10-11H2,1H3,(H,24,26). The van der Waals surface area contributed by atoms with Gasteiger partial charge in [0.1, 0.15) is 17.6 Å². The van der Waals surface area contributed by atoms with Crippen LogP contribution in [0.4, 0.5) is 10.1 Å². The Labute approximate surface area is 156 Å². The molecule has 2 aromatic rings. The topological polar surface area (TPSA) is 79.2 Å². The number of carbonyl (C=O) groups is 2. The van der Waals surface area contributed by atoms with E-state index in [9.17, 15) is 19.2 Å². The summed E-state index contributed by atoms with van der Waals surface area (Å²) >= 11 is 0. The fourth-order valence-electron chi connectivity index (χ4n) is 3.59. The number of amides is 1. The molecule has 0 bridgehead atoms. The molecule has 1 aliphatic carbocycles. The van der Waals surface area contributed by atoms with Crippen molar-refractivity contribution in [1.29, 1.82) is 5.26 Å². The third-order valence-electron chi connectivity index (χ3n) is 4.91. The second-order valence-electron chi connectivity index (χ2n) is 6.66. The van der Waals surface area contributed by atoms with Crippen LogP contribution in [-0.2, 0) is 15.0 Å². The summed E-state index contributed by atoms with van der Waals surface area (Å²) in [5.41, 5.74) is 0.588. The van der Waals surface area contributed by atoms with E-state index < -0.39 is 11.4 Å². The maximum Gasteiger partial charge on any atom is 0.308 e. The minimum absolute atomic E-state index is 0.203. The number of carbonyl (C=O) groups excluding carboxylic acids is 2. The van der Waals surface area contributed by atoms with E-state index in [4.69, 9.17) is 4.74 Å². The first-order valence-corrected chi connectivity index (χ1v) is 8.75. The van der Waals surface area contributed by atoms with Crippen LogP contribution in [0.1, 0.15) is 43.7 Å². The van der Waals surface area contributed by atoms with Crippen molar-refractivity contribution in [2.45, 2.75) is 38.0 Å². The third-order valence-corrected chi connectivity index (χ3v) is 4.91. The molecule has 1 N–H and O–H groups in total. The number of nitrogens with zero attached hydrogens (tertiary/aromatic N) is 1. The van der Waals surface area contributed by atoms with Crippen molar-refractivity contribution >= 4 is 17.6 Å². The molecule has 0 unspecified atom stereocenters. The van der Waals surface area contributed by atoms with Gasteiger partial charge in [-0.2, -0.15) is 5.26 Å². The van der Waals surface area contributed by atoms with Crippen LogP contribution < -0.4 is 10.1 Å². The molecule has 2 aromatic carbocycles. The van der Waals surface area contributed by atoms with Gasteiger partial charge >= 0.3 is 5.97 Å². The molecule has 0 atom stereocenters. The molecule has 0 heterocycles. The van der Waals surface area contributed by atoms with Crippen LogP contribution in [0.25, 0.3) is 0 Å². The molecule has 5 nitrogen and oxygen atoms in total. The van der Waals surface area contributed by atoms with Crippen molar-refractivity contribution < 1.29 is 18.7 Å². The summed E-state index contributed by atoms with van der Waals surface area (Å²) in [4.78, 5) is 24.2. The second-order valence-corrected chi connectivity index (χ2v) is 6.66. The molecule has 1 saturated carbocycles. The molecule has 1 amide bonds. The Bertz CT molecular complexity index is 910. The molecule has 0 saturated heterocycles. The Kier molecular flexibility index (Phi) is 5.22. The molecule has 1 aliphatic rings. The maximum absolute atomic E-state index is 13.3. The second kappa shape index (κ2) is 7.58. The summed E-state index contributed by atoms with van der Waals surface area (Å²) in [6.45, 7) is 1.27. The normalized spacial score (nSPS) is 15.0. The summed E-state index contributed by atoms with van der Waals surface area (Å²) < 4.78 is 18.3. The first-order chi connectivity index (χ1) is 12.9. The van der Waals surface area contributed by atoms with Gasteiger partial charge in [0, 0.05) is 13.0 Å². The van der Waals surface area contributed by atoms with Gasteiger partial charge in [-0.05, 0) is 42.7 Å². The van der Waals surface area contributed by atoms with Gasteiger partial charge in [-0.1, -0.05) is 25.0 Å². The minimum Gasteiger partial charge on any atom is -0.427 e. The van der Waals surface area contributed by atoms with Gasteiger partial charge < -0.3 is 10.1 Å². The molecule has 0 radical (unpaired) electrons. The highest BCUT2D eigenvalue weighted by Gasteiger charge is 2.42. The van der Waals surface area contributed by atoms with E-state index in [1.54, 1.807) is 18.2 Å². The highest BCUT2D eigenvalue weighted by atomic mass is 19.1. The summed E-state index contributed by atoms with van der Waals surface area (Å²) in [5.74, 6) is -0.813. The molecule has 1 fully saturated rings. The van der Waals surface area contributed by atoms with E-state index in [2.05, 4.69) is 5.32 Å². The van der Waals surface area contributed by atoms with Gasteiger partial charge in [-0.25, -0.2) is 4.39 Å². The van der Waals surface area contributed by atoms with Crippen LogP contribution in [0.5, 0.6) is 5.75 Å². The monoisotopic (exact) mass is 366 g/mol. The van der Waals surface area contributed by atoms with Gasteiger partial charge in [0.25, 0.3) is 0 Å². The van der Waals surface area contributed by atoms with Gasteiger partial charge in [0.05, 0.1) is 16.7 Å². The van der Waals surface area contributed by atoms with E-state index in [0.29, 0.717) is 18.5 Å². The van der Waals surface area contributed by atoms with Crippen molar-refractivity contribution in [1.82, 2.24) is 0 Å². The smallest absolute Gasteiger partial charge is 0.308 e. The van der Waals surface area contributed by atoms with Crippen LogP contribution in [0.2, 0.25) is 0 Å². The number of hydrogen-bond acceptors (Lipinski definition) is 4. The van der Waals surface area contributed by atoms with Gasteiger partial charge in [0.2, 0.25) is 5.91 Å². The average molecular weight is 366 g/mol. The Morgan fingerprint density at radius 1 is 1.15 bits per heavy atom. The lowest BCUT2D eigenvalue weighted by Crippen LogP contribution is -2.38. The quantitative estimate of drug-likeness (QED) is 0.653. The summed E-state index contributed by atoms with van der Waals surface area (Å²) in [6.07, 6.45) is 3.14. The number of esters is 1. The molecule has 0 aliphatic heterocycles. The van der Waals surface area contributed by atoms with Crippen molar-refractivity contribution in [2.24, 2.45) is 0 Å². The van der Waals surface area contributed by atoms with E-state index in [1.807, 2.05) is 6.07 Å². The summed E-state index contributed by atoms with van der Waals surface area (Å²) in [5, 5.41) is 12.2. The van der Waals surface area contributed by atoms with Crippen LogP contribution in [-0.4, -0.2) is 11.9 Å². The van der Waals surface area contributed by atoms with Gasteiger partial charge in [-0.3, -0.25) is 9.59 Å². The third kappa shape index (κ3) is 3.82. The number of anilines is 1. The van der Waals surface area contributed by atoms with Crippen molar-refractivity contribution in [3.05, 3.63) is 59.4 Å². The van der Waals surface area contributed by atoms with E-state index in [-0.39, 0.29) is 23.0 Å². The fourth-order valence-corrected chi connectivity index (χ4v) is 3.59. The number of rotatable bonds is 4. The highest BCUT2D eigenvalue weighted by Crippen LogP contribution is 2.42. The Morgan fingerprint density at radius 3 is 2.41 bits per heavy atom. The Hall–Kier alpha value is -3.20. The zero-order chi connectivity index (χ0) is 19.4. The summed E-state index contributed by atoms with van der Waals surface area (Å²) in [6, 6.07) is 12.5. The zero-order valence-corrected chi connectivity index (χ0v) is 14.9. The lowest BCUT2D eigenvalue weighted by molar-refractivity contribution is -0.131. The van der Waals surface area contributed by atoms with Crippen molar-refractivity contribution in [3.63, 3.8) is 0 Å². The van der Waals surface area contributed by atoms with Crippen LogP contribution in [0.15, 0.2) is 42.5 Å². The predicted molar refractivity (Wildman–Crippen MR) is 97.6 cm³/mol. The van der Waals surface area contributed by atoms with Crippen molar-refractivity contribution in [2.75, 3.05) is 5.32 Å².